The van der Waals surface area contributed by atoms with Crippen LogP contribution < -0.4 is 4.90 Å². The lowest BCUT2D eigenvalue weighted by molar-refractivity contribution is -0.142. The Morgan fingerprint density at radius 1 is 1.08 bits per heavy atom. The minimum absolute atomic E-state index is 0.173. The number of hydrogen-bond acceptors (Lipinski definition) is 7. The highest BCUT2D eigenvalue weighted by Gasteiger charge is 2.25. The highest BCUT2D eigenvalue weighted by molar-refractivity contribution is 6.28. The molecule has 0 saturated carbocycles. The summed E-state index contributed by atoms with van der Waals surface area (Å²) in [6.07, 6.45) is 1.14. The molecule has 1 heterocycles. The number of ether oxygens (including phenoxy) is 2. The normalized spacial score (nSPS) is 14.3. The van der Waals surface area contributed by atoms with Crippen LogP contribution in [0.25, 0.3) is 0 Å². The number of carbonyl (C=O) groups is 4. The van der Waals surface area contributed by atoms with Crippen LogP contribution in [0, 0.1) is 0 Å². The van der Waals surface area contributed by atoms with Crippen LogP contribution in [-0.2, 0) is 23.9 Å². The van der Waals surface area contributed by atoms with Crippen LogP contribution >= 0.6 is 0 Å². The van der Waals surface area contributed by atoms with E-state index in [1.165, 1.54) is 31.2 Å². The molecule has 1 aliphatic rings. The van der Waals surface area contributed by atoms with Crippen LogP contribution in [0.4, 0.5) is 5.69 Å². The molecule has 8 nitrogen and oxygen atoms in total. The average Bonchev–Trinajstić information content (AvgIpc) is 2.96. The predicted molar refractivity (Wildman–Crippen MR) is 90.1 cm³/mol. The molecule has 0 saturated heterocycles. The number of nitrogens with zero attached hydrogens (tertiary/aromatic N) is 1. The van der Waals surface area contributed by atoms with Crippen LogP contribution in [-0.4, -0.2) is 48.2 Å². The summed E-state index contributed by atoms with van der Waals surface area (Å²) in [5, 5.41) is 9.65. The van der Waals surface area contributed by atoms with Crippen molar-refractivity contribution in [2.45, 2.75) is 13.0 Å². The molecule has 1 aromatic carbocycles. The van der Waals surface area contributed by atoms with Gasteiger partial charge in [-0.2, -0.15) is 0 Å². The molecule has 0 bridgehead atoms. The topological polar surface area (TPSA) is 110 Å². The molecule has 26 heavy (non-hydrogen) atoms. The van der Waals surface area contributed by atoms with Crippen molar-refractivity contribution in [3.05, 3.63) is 54.1 Å². The summed E-state index contributed by atoms with van der Waals surface area (Å²) < 4.78 is 9.67. The van der Waals surface area contributed by atoms with Crippen molar-refractivity contribution < 1.29 is 33.8 Å². The highest BCUT2D eigenvalue weighted by atomic mass is 16.6. The molecule has 0 radical (unpaired) electrons. The Labute approximate surface area is 149 Å². The third-order valence-electron chi connectivity index (χ3n) is 3.33. The van der Waals surface area contributed by atoms with Gasteiger partial charge in [0.2, 0.25) is 0 Å². The van der Waals surface area contributed by atoms with Gasteiger partial charge in [0.1, 0.15) is 19.3 Å². The van der Waals surface area contributed by atoms with Crippen LogP contribution in [0.1, 0.15) is 17.3 Å². The van der Waals surface area contributed by atoms with E-state index in [1.807, 2.05) is 0 Å². The molecular formula is C18H17NO7. The molecule has 0 spiro atoms. The molecule has 2 rings (SSSR count). The summed E-state index contributed by atoms with van der Waals surface area (Å²) in [4.78, 5) is 47.3. The summed E-state index contributed by atoms with van der Waals surface area (Å²) in [7, 11) is 0. The van der Waals surface area contributed by atoms with Crippen molar-refractivity contribution in [3.63, 3.8) is 0 Å². The van der Waals surface area contributed by atoms with Gasteiger partial charge < -0.3 is 14.6 Å². The van der Waals surface area contributed by atoms with Crippen LogP contribution in [0.5, 0.6) is 0 Å². The molecule has 0 fully saturated rings. The first kappa shape index (κ1) is 19.1. The quantitative estimate of drug-likeness (QED) is 0.434. The van der Waals surface area contributed by atoms with Gasteiger partial charge in [0.05, 0.1) is 11.3 Å². The van der Waals surface area contributed by atoms with E-state index in [2.05, 4.69) is 6.58 Å². The first-order valence-electron chi connectivity index (χ1n) is 7.63. The SMILES string of the molecule is C=C(C)C(=O)OCC(O)COC(=O)c1ccc(N2C(=O)C=CC2=O)cc1. The number of carbonyl (C=O) groups excluding carboxylic acids is 4. The van der Waals surface area contributed by atoms with E-state index in [1.54, 1.807) is 0 Å². The number of hydrogen-bond donors (Lipinski definition) is 1. The van der Waals surface area contributed by atoms with E-state index in [9.17, 15) is 24.3 Å². The maximum Gasteiger partial charge on any atom is 0.338 e. The van der Waals surface area contributed by atoms with E-state index < -0.39 is 29.9 Å². The minimum Gasteiger partial charge on any atom is -0.459 e. The largest absolute Gasteiger partial charge is 0.459 e. The monoisotopic (exact) mass is 359 g/mol. The van der Waals surface area contributed by atoms with Gasteiger partial charge in [0.25, 0.3) is 11.8 Å². The molecule has 2 amide bonds. The number of esters is 2. The molecule has 1 atom stereocenters. The lowest BCUT2D eigenvalue weighted by Crippen LogP contribution is -2.29. The fourth-order valence-corrected chi connectivity index (χ4v) is 2.00. The van der Waals surface area contributed by atoms with E-state index >= 15 is 0 Å². The highest BCUT2D eigenvalue weighted by Crippen LogP contribution is 2.19. The van der Waals surface area contributed by atoms with E-state index in [4.69, 9.17) is 9.47 Å². The van der Waals surface area contributed by atoms with Gasteiger partial charge in [0.15, 0.2) is 0 Å². The minimum atomic E-state index is -1.17. The molecule has 0 aliphatic carbocycles. The summed E-state index contributed by atoms with van der Waals surface area (Å²) in [6.45, 7) is 4.18. The zero-order valence-corrected chi connectivity index (χ0v) is 14.0. The lowest BCUT2D eigenvalue weighted by Gasteiger charge is -2.14. The number of benzene rings is 1. The Hall–Kier alpha value is -3.26. The smallest absolute Gasteiger partial charge is 0.338 e. The van der Waals surface area contributed by atoms with Crippen LogP contribution in [0.2, 0.25) is 0 Å². The predicted octanol–water partition coefficient (Wildman–Crippen LogP) is 0.753. The molecule has 1 aliphatic heterocycles. The maximum atomic E-state index is 11.9. The van der Waals surface area contributed by atoms with Gasteiger partial charge in [-0.15, -0.1) is 0 Å². The molecule has 0 aromatic heterocycles. The van der Waals surface area contributed by atoms with Crippen LogP contribution in [0.3, 0.4) is 0 Å². The second kappa shape index (κ2) is 8.21. The number of amides is 2. The molecule has 8 heteroatoms. The number of aliphatic hydroxyl groups excluding tert-OH is 1. The van der Waals surface area contributed by atoms with Gasteiger partial charge in [0, 0.05) is 17.7 Å². The van der Waals surface area contributed by atoms with Gasteiger partial charge in [-0.25, -0.2) is 14.5 Å². The zero-order valence-electron chi connectivity index (χ0n) is 14.0. The first-order valence-corrected chi connectivity index (χ1v) is 7.63. The fourth-order valence-electron chi connectivity index (χ4n) is 2.00. The Morgan fingerprint density at radius 2 is 1.62 bits per heavy atom. The number of rotatable bonds is 7. The van der Waals surface area contributed by atoms with Crippen molar-refractivity contribution in [3.8, 4) is 0 Å². The summed E-state index contributed by atoms with van der Waals surface area (Å²) in [6, 6.07) is 5.66. The van der Waals surface area contributed by atoms with Gasteiger partial charge in [-0.05, 0) is 31.2 Å². The Morgan fingerprint density at radius 3 is 2.15 bits per heavy atom. The Balaban J connectivity index is 1.86. The summed E-state index contributed by atoms with van der Waals surface area (Å²) >= 11 is 0. The molecule has 1 N–H and O–H groups in total. The standard InChI is InChI=1S/C18H17NO7/c1-11(2)17(23)25-9-14(20)10-26-18(24)12-3-5-13(6-4-12)19-15(21)7-8-16(19)22/h3-8,14,20H,1,9-10H2,2H3. The molecular weight excluding hydrogens is 342 g/mol. The van der Waals surface area contributed by atoms with E-state index in [-0.39, 0.29) is 24.4 Å². The van der Waals surface area contributed by atoms with Gasteiger partial charge in [-0.3, -0.25) is 9.59 Å². The first-order chi connectivity index (χ1) is 12.3. The Bertz CT molecular complexity index is 761. The third-order valence-corrected chi connectivity index (χ3v) is 3.33. The van der Waals surface area contributed by atoms with E-state index in [0.29, 0.717) is 5.69 Å². The van der Waals surface area contributed by atoms with Gasteiger partial charge in [-0.1, -0.05) is 6.58 Å². The molecule has 1 aromatic rings. The lowest BCUT2D eigenvalue weighted by atomic mass is 10.2. The summed E-state index contributed by atoms with van der Waals surface area (Å²) in [5.74, 6) is -2.28. The van der Waals surface area contributed by atoms with Crippen molar-refractivity contribution in [2.24, 2.45) is 0 Å². The van der Waals surface area contributed by atoms with Crippen LogP contribution in [0.15, 0.2) is 48.6 Å². The number of anilines is 1. The fraction of sp³-hybridized carbons (Fsp3) is 0.222. The van der Waals surface area contributed by atoms with Crippen molar-refractivity contribution in [1.82, 2.24) is 0 Å². The van der Waals surface area contributed by atoms with Gasteiger partial charge >= 0.3 is 11.9 Å². The third kappa shape index (κ3) is 4.64. The average molecular weight is 359 g/mol. The van der Waals surface area contributed by atoms with Crippen molar-refractivity contribution >= 4 is 29.4 Å². The van der Waals surface area contributed by atoms with Crippen molar-refractivity contribution in [1.29, 1.82) is 0 Å². The second-order valence-electron chi connectivity index (χ2n) is 5.52. The Kier molecular flexibility index (Phi) is 6.03. The van der Waals surface area contributed by atoms with Crippen molar-refractivity contribution in [2.75, 3.05) is 18.1 Å². The van der Waals surface area contributed by atoms with E-state index in [0.717, 1.165) is 17.1 Å². The second-order valence-corrected chi connectivity index (χ2v) is 5.52. The molecule has 1 unspecified atom stereocenters. The maximum absolute atomic E-state index is 11.9. The number of aliphatic hydroxyl groups is 1. The zero-order chi connectivity index (χ0) is 19.3. The molecule has 136 valence electrons. The number of imide groups is 1. The summed E-state index contributed by atoms with van der Waals surface area (Å²) in [5.41, 5.74) is 0.694.